The van der Waals surface area contributed by atoms with Gasteiger partial charge in [-0.25, -0.2) is 14.1 Å². The Morgan fingerprint density at radius 1 is 1.22 bits per heavy atom. The zero-order valence-corrected chi connectivity index (χ0v) is 17.2. The molecule has 0 saturated carbocycles. The van der Waals surface area contributed by atoms with Crippen LogP contribution in [0.3, 0.4) is 0 Å². The summed E-state index contributed by atoms with van der Waals surface area (Å²) in [5.41, 5.74) is 3.57. The Balaban J connectivity index is 1.32. The van der Waals surface area contributed by atoms with E-state index in [0.29, 0.717) is 17.9 Å². The molecule has 0 unspecified atom stereocenters. The van der Waals surface area contributed by atoms with Crippen molar-refractivity contribution in [3.8, 4) is 11.3 Å². The third-order valence-corrected chi connectivity index (χ3v) is 5.04. The second kappa shape index (κ2) is 8.10. The molecule has 0 aliphatic carbocycles. The number of anilines is 1. The molecule has 32 heavy (non-hydrogen) atoms. The van der Waals surface area contributed by atoms with Crippen LogP contribution in [0.5, 0.6) is 0 Å². The maximum atomic E-state index is 13.4. The molecule has 0 spiro atoms. The van der Waals surface area contributed by atoms with Crippen LogP contribution in [-0.2, 0) is 17.9 Å². The number of aryl methyl sites for hydroxylation is 1. The summed E-state index contributed by atoms with van der Waals surface area (Å²) in [7, 11) is 0. The first-order valence-electron chi connectivity index (χ1n) is 9.99. The van der Waals surface area contributed by atoms with E-state index < -0.39 is 0 Å². The van der Waals surface area contributed by atoms with Crippen molar-refractivity contribution in [3.05, 3.63) is 84.4 Å². The highest BCUT2D eigenvalue weighted by molar-refractivity contribution is 5.95. The number of furan rings is 1. The average Bonchev–Trinajstić information content (AvgIpc) is 3.50. The van der Waals surface area contributed by atoms with Gasteiger partial charge in [0.1, 0.15) is 18.1 Å². The normalized spacial score (nSPS) is 11.2. The van der Waals surface area contributed by atoms with Gasteiger partial charge in [-0.1, -0.05) is 12.1 Å². The number of fused-ring (bicyclic) bond motifs is 1. The number of benzene rings is 1. The zero-order chi connectivity index (χ0) is 22.1. The number of nitrogens with zero attached hydrogens (tertiary/aromatic N) is 5. The molecule has 8 nitrogen and oxygen atoms in total. The molecule has 0 atom stereocenters. The van der Waals surface area contributed by atoms with E-state index in [0.717, 1.165) is 28.0 Å². The van der Waals surface area contributed by atoms with E-state index in [4.69, 9.17) is 4.42 Å². The van der Waals surface area contributed by atoms with Gasteiger partial charge in [0.05, 0.1) is 35.8 Å². The molecule has 0 saturated heterocycles. The second-order valence-electron chi connectivity index (χ2n) is 7.38. The molecule has 9 heteroatoms. The summed E-state index contributed by atoms with van der Waals surface area (Å²) in [5, 5.41) is 12.4. The summed E-state index contributed by atoms with van der Waals surface area (Å²) in [6.07, 6.45) is 6.54. The molecule has 0 radical (unpaired) electrons. The molecular formula is C23H19FN6O2. The second-order valence-corrected chi connectivity index (χ2v) is 7.38. The van der Waals surface area contributed by atoms with Gasteiger partial charge in [0.15, 0.2) is 5.65 Å². The van der Waals surface area contributed by atoms with Crippen molar-refractivity contribution in [2.24, 2.45) is 0 Å². The lowest BCUT2D eigenvalue weighted by Crippen LogP contribution is -2.19. The van der Waals surface area contributed by atoms with Crippen molar-refractivity contribution in [2.45, 2.75) is 20.0 Å². The molecule has 5 rings (SSSR count). The van der Waals surface area contributed by atoms with Gasteiger partial charge in [0, 0.05) is 18.0 Å². The molecule has 0 bridgehead atoms. The van der Waals surface area contributed by atoms with Gasteiger partial charge in [-0.2, -0.15) is 10.2 Å². The summed E-state index contributed by atoms with van der Waals surface area (Å²) < 4.78 is 22.1. The summed E-state index contributed by atoms with van der Waals surface area (Å²) in [4.78, 5) is 17.1. The first-order chi connectivity index (χ1) is 15.6. The predicted molar refractivity (Wildman–Crippen MR) is 116 cm³/mol. The summed E-state index contributed by atoms with van der Waals surface area (Å²) in [5.74, 6) is 0.161. The van der Waals surface area contributed by atoms with Crippen LogP contribution in [0.2, 0.25) is 0 Å². The molecule has 4 aromatic heterocycles. The van der Waals surface area contributed by atoms with Crippen molar-refractivity contribution in [2.75, 3.05) is 5.32 Å². The number of rotatable bonds is 6. The average molecular weight is 430 g/mol. The Hall–Kier alpha value is -4.27. The van der Waals surface area contributed by atoms with Crippen LogP contribution in [0.4, 0.5) is 10.1 Å². The molecule has 0 aliphatic heterocycles. The number of carbonyl (C=O) groups is 1. The van der Waals surface area contributed by atoms with Gasteiger partial charge in [-0.3, -0.25) is 9.48 Å². The van der Waals surface area contributed by atoms with Crippen LogP contribution in [-0.4, -0.2) is 30.5 Å². The van der Waals surface area contributed by atoms with Crippen LogP contribution >= 0.6 is 0 Å². The number of pyridine rings is 1. The molecule has 0 aliphatic rings. The van der Waals surface area contributed by atoms with Crippen LogP contribution in [0, 0.1) is 12.7 Å². The highest BCUT2D eigenvalue weighted by atomic mass is 19.1. The van der Waals surface area contributed by atoms with E-state index in [1.54, 1.807) is 40.3 Å². The fraction of sp³-hybridized carbons (Fsp3) is 0.130. The maximum Gasteiger partial charge on any atom is 0.246 e. The van der Waals surface area contributed by atoms with E-state index in [2.05, 4.69) is 20.5 Å². The van der Waals surface area contributed by atoms with Gasteiger partial charge in [-0.05, 0) is 42.8 Å². The highest BCUT2D eigenvalue weighted by Crippen LogP contribution is 2.30. The molecule has 160 valence electrons. The molecular weight excluding hydrogens is 411 g/mol. The molecule has 0 fully saturated rings. The van der Waals surface area contributed by atoms with Gasteiger partial charge in [-0.15, -0.1) is 0 Å². The summed E-state index contributed by atoms with van der Waals surface area (Å²) in [6, 6.07) is 11.9. The quantitative estimate of drug-likeness (QED) is 0.439. The van der Waals surface area contributed by atoms with Crippen molar-refractivity contribution in [1.82, 2.24) is 24.5 Å². The fourth-order valence-corrected chi connectivity index (χ4v) is 3.70. The first-order valence-corrected chi connectivity index (χ1v) is 9.99. The molecule has 5 aromatic rings. The molecule has 1 aromatic carbocycles. The van der Waals surface area contributed by atoms with Gasteiger partial charge < -0.3 is 9.73 Å². The Kier molecular flexibility index (Phi) is 4.98. The smallest absolute Gasteiger partial charge is 0.246 e. The van der Waals surface area contributed by atoms with Crippen molar-refractivity contribution < 1.29 is 13.6 Å². The van der Waals surface area contributed by atoms with Gasteiger partial charge in [0.25, 0.3) is 0 Å². The lowest BCUT2D eigenvalue weighted by atomic mass is 10.1. The molecule has 1 amide bonds. The van der Waals surface area contributed by atoms with Crippen molar-refractivity contribution in [1.29, 1.82) is 0 Å². The minimum atomic E-state index is -0.297. The van der Waals surface area contributed by atoms with E-state index >= 15 is 0 Å². The lowest BCUT2D eigenvalue weighted by Gasteiger charge is -2.05. The van der Waals surface area contributed by atoms with E-state index in [1.807, 2.05) is 31.2 Å². The third-order valence-electron chi connectivity index (χ3n) is 5.04. The van der Waals surface area contributed by atoms with Gasteiger partial charge >= 0.3 is 0 Å². The molecule has 4 heterocycles. The standard InChI is InChI=1S/C23H19FN6O2/c1-15-22-19(20-6-3-9-32-20)7-8-25-23(22)30(28-15)14-21(31)27-18-11-26-29(13-18)12-16-4-2-5-17(24)10-16/h2-11,13H,12,14H2,1H3,(H,27,31). The van der Waals surface area contributed by atoms with E-state index in [1.165, 1.54) is 12.1 Å². The fourth-order valence-electron chi connectivity index (χ4n) is 3.70. The monoisotopic (exact) mass is 430 g/mol. The Labute approximate surface area is 182 Å². The molecule has 1 N–H and O–H groups in total. The van der Waals surface area contributed by atoms with Crippen LogP contribution in [0.1, 0.15) is 11.3 Å². The predicted octanol–water partition coefficient (Wildman–Crippen LogP) is 4.02. The number of aromatic nitrogens is 5. The zero-order valence-electron chi connectivity index (χ0n) is 17.2. The van der Waals surface area contributed by atoms with Crippen LogP contribution < -0.4 is 5.32 Å². The van der Waals surface area contributed by atoms with E-state index in [9.17, 15) is 9.18 Å². The first kappa shape index (κ1) is 19.7. The minimum Gasteiger partial charge on any atom is -0.464 e. The summed E-state index contributed by atoms with van der Waals surface area (Å²) >= 11 is 0. The Morgan fingerprint density at radius 2 is 2.12 bits per heavy atom. The van der Waals surface area contributed by atoms with E-state index in [-0.39, 0.29) is 18.3 Å². The van der Waals surface area contributed by atoms with Gasteiger partial charge in [0.2, 0.25) is 5.91 Å². The number of amides is 1. The van der Waals surface area contributed by atoms with Crippen LogP contribution in [0.25, 0.3) is 22.4 Å². The lowest BCUT2D eigenvalue weighted by molar-refractivity contribution is -0.116. The maximum absolute atomic E-state index is 13.4. The topological polar surface area (TPSA) is 90.8 Å². The largest absolute Gasteiger partial charge is 0.464 e. The number of nitrogens with one attached hydrogen (secondary N) is 1. The number of hydrogen-bond acceptors (Lipinski definition) is 5. The summed E-state index contributed by atoms with van der Waals surface area (Å²) in [6.45, 7) is 2.27. The van der Waals surface area contributed by atoms with Crippen molar-refractivity contribution >= 4 is 22.6 Å². The Morgan fingerprint density at radius 3 is 2.94 bits per heavy atom. The minimum absolute atomic E-state index is 0.00593. The van der Waals surface area contributed by atoms with Crippen LogP contribution in [0.15, 0.2) is 71.7 Å². The number of halogens is 1. The van der Waals surface area contributed by atoms with Crippen molar-refractivity contribution in [3.63, 3.8) is 0 Å². The number of carbonyl (C=O) groups excluding carboxylic acids is 1. The SMILES string of the molecule is Cc1nn(CC(=O)Nc2cnn(Cc3cccc(F)c3)c2)c2nccc(-c3ccco3)c12. The highest BCUT2D eigenvalue weighted by Gasteiger charge is 2.17. The Bertz CT molecular complexity index is 1400. The third kappa shape index (κ3) is 3.87. The number of hydrogen-bond donors (Lipinski definition) is 1.